The highest BCUT2D eigenvalue weighted by Crippen LogP contribution is 2.27. The maximum Gasteiger partial charge on any atom is 0.0785 e. The minimum Gasteiger partial charge on any atom is -0.209 e. The van der Waals surface area contributed by atoms with Gasteiger partial charge in [0, 0.05) is 0 Å². The van der Waals surface area contributed by atoms with E-state index in [9.17, 15) is 0 Å². The lowest BCUT2D eigenvalue weighted by molar-refractivity contribution is 0.337. The first-order valence-corrected chi connectivity index (χ1v) is 5.65. The molecule has 1 rings (SSSR count). The Balaban J connectivity index is 2.39. The molecule has 13 heavy (non-hydrogen) atoms. The van der Waals surface area contributed by atoms with Crippen molar-refractivity contribution in [2.45, 2.75) is 70.3 Å². The largest absolute Gasteiger partial charge is 0.209 e. The predicted octanol–water partition coefficient (Wildman–Crippen LogP) is 4.30. The molecule has 0 aromatic rings. The van der Waals surface area contributed by atoms with Gasteiger partial charge in [-0.25, -0.2) is 5.53 Å². The average molecular weight is 182 g/mol. The van der Waals surface area contributed by atoms with Crippen molar-refractivity contribution < 1.29 is 0 Å². The predicted molar refractivity (Wildman–Crippen MR) is 55.1 cm³/mol. The lowest BCUT2D eigenvalue weighted by atomic mass is 9.87. The first-order chi connectivity index (χ1) is 6.27. The second-order valence-electron chi connectivity index (χ2n) is 4.58. The number of hydrogen-bond acceptors (Lipinski definition) is 2. The van der Waals surface area contributed by atoms with E-state index in [1.54, 1.807) is 0 Å². The first-order valence-electron chi connectivity index (χ1n) is 5.65. The topological polar surface area (TPSA) is 36.2 Å². The van der Waals surface area contributed by atoms with Crippen LogP contribution in [0.3, 0.4) is 0 Å². The maximum atomic E-state index is 7.21. The van der Waals surface area contributed by atoms with Gasteiger partial charge in [-0.3, -0.25) is 0 Å². The summed E-state index contributed by atoms with van der Waals surface area (Å²) >= 11 is 0. The molecule has 1 N–H and O–H groups in total. The second kappa shape index (κ2) is 5.36. The van der Waals surface area contributed by atoms with Crippen LogP contribution in [-0.2, 0) is 0 Å². The van der Waals surface area contributed by atoms with Gasteiger partial charge in [-0.1, -0.05) is 44.9 Å². The molecule has 0 bridgehead atoms. The minimum absolute atomic E-state index is 0.0304. The summed E-state index contributed by atoms with van der Waals surface area (Å²) < 4.78 is 0. The van der Waals surface area contributed by atoms with Gasteiger partial charge in [0.05, 0.1) is 5.54 Å². The molecule has 2 nitrogen and oxygen atoms in total. The fourth-order valence-electron chi connectivity index (χ4n) is 2.13. The number of nitrogens with zero attached hydrogens (tertiary/aromatic N) is 1. The normalized spacial score (nSPS) is 25.0. The zero-order valence-corrected chi connectivity index (χ0v) is 8.81. The van der Waals surface area contributed by atoms with Gasteiger partial charge in [-0.15, -0.1) is 0 Å². The molecule has 0 aromatic carbocycles. The lowest BCUT2D eigenvalue weighted by Gasteiger charge is -2.24. The Morgan fingerprint density at radius 3 is 1.62 bits per heavy atom. The van der Waals surface area contributed by atoms with Crippen molar-refractivity contribution >= 4 is 0 Å². The summed E-state index contributed by atoms with van der Waals surface area (Å²) in [4.78, 5) is 0. The summed E-state index contributed by atoms with van der Waals surface area (Å²) in [6.07, 6.45) is 11.6. The summed E-state index contributed by atoms with van der Waals surface area (Å²) in [5, 5.41) is 3.80. The van der Waals surface area contributed by atoms with Crippen LogP contribution < -0.4 is 0 Å². The molecule has 1 aliphatic rings. The molecule has 0 unspecified atom stereocenters. The van der Waals surface area contributed by atoms with Crippen molar-refractivity contribution in [3.05, 3.63) is 0 Å². The van der Waals surface area contributed by atoms with E-state index in [0.717, 1.165) is 12.8 Å². The zero-order valence-electron chi connectivity index (χ0n) is 8.81. The summed E-state index contributed by atoms with van der Waals surface area (Å²) in [6.45, 7) is 2.14. The number of hydrogen-bond donors (Lipinski definition) is 1. The fraction of sp³-hybridized carbons (Fsp3) is 1.00. The van der Waals surface area contributed by atoms with E-state index in [1.165, 1.54) is 44.9 Å². The molecular weight excluding hydrogens is 160 g/mol. The Kier molecular flexibility index (Phi) is 4.40. The molecule has 76 valence electrons. The fourth-order valence-corrected chi connectivity index (χ4v) is 2.13. The van der Waals surface area contributed by atoms with Crippen LogP contribution in [0, 0.1) is 5.53 Å². The highest BCUT2D eigenvalue weighted by molar-refractivity contribution is 4.80. The lowest BCUT2D eigenvalue weighted by Crippen LogP contribution is -2.21. The number of nitrogens with one attached hydrogen (secondary N) is 1. The van der Waals surface area contributed by atoms with Gasteiger partial charge in [0.1, 0.15) is 0 Å². The molecule has 0 aromatic heterocycles. The Morgan fingerprint density at radius 2 is 1.23 bits per heavy atom. The molecule has 0 radical (unpaired) electrons. The monoisotopic (exact) mass is 182 g/mol. The third-order valence-corrected chi connectivity index (χ3v) is 3.20. The zero-order chi connectivity index (χ0) is 9.57. The van der Waals surface area contributed by atoms with Crippen molar-refractivity contribution in [3.8, 4) is 0 Å². The molecule has 0 amide bonds. The van der Waals surface area contributed by atoms with Crippen LogP contribution in [0.4, 0.5) is 0 Å². The quantitative estimate of drug-likeness (QED) is 0.587. The van der Waals surface area contributed by atoms with E-state index < -0.39 is 0 Å². The summed E-state index contributed by atoms with van der Waals surface area (Å²) in [5.74, 6) is 0. The Labute approximate surface area is 81.6 Å². The van der Waals surface area contributed by atoms with Gasteiger partial charge in [0.25, 0.3) is 0 Å². The Hall–Kier alpha value is -0.400. The Morgan fingerprint density at radius 1 is 0.846 bits per heavy atom. The van der Waals surface area contributed by atoms with Gasteiger partial charge in [-0.2, -0.15) is 5.11 Å². The molecule has 0 saturated heterocycles. The van der Waals surface area contributed by atoms with Gasteiger partial charge >= 0.3 is 0 Å². The molecule has 1 saturated carbocycles. The average Bonchev–Trinajstić information content (AvgIpc) is 2.16. The van der Waals surface area contributed by atoms with Crippen LogP contribution in [0.5, 0.6) is 0 Å². The number of rotatable bonds is 1. The van der Waals surface area contributed by atoms with E-state index in [1.807, 2.05) is 0 Å². The first kappa shape index (κ1) is 10.7. The molecule has 1 aliphatic carbocycles. The second-order valence-corrected chi connectivity index (χ2v) is 4.58. The molecule has 2 heteroatoms. The van der Waals surface area contributed by atoms with Crippen LogP contribution in [0.2, 0.25) is 0 Å². The Bertz CT molecular complexity index is 144. The van der Waals surface area contributed by atoms with Crippen LogP contribution >= 0.6 is 0 Å². The van der Waals surface area contributed by atoms with Crippen molar-refractivity contribution in [2.24, 2.45) is 5.11 Å². The molecule has 0 atom stereocenters. The van der Waals surface area contributed by atoms with Crippen LogP contribution in [0.1, 0.15) is 64.7 Å². The molecule has 0 heterocycles. The van der Waals surface area contributed by atoms with E-state index in [0.29, 0.717) is 0 Å². The minimum atomic E-state index is -0.0304. The van der Waals surface area contributed by atoms with E-state index >= 15 is 0 Å². The standard InChI is InChI=1S/C11H22N2/c1-11(13-12)9-7-5-3-2-4-6-8-10-11/h12H,2-10H2,1H3. The van der Waals surface area contributed by atoms with Crippen LogP contribution in [0.15, 0.2) is 5.11 Å². The molecule has 0 spiro atoms. The van der Waals surface area contributed by atoms with E-state index in [2.05, 4.69) is 12.0 Å². The highest BCUT2D eigenvalue weighted by Gasteiger charge is 2.22. The molecule has 1 fully saturated rings. The molecular formula is C11H22N2. The summed E-state index contributed by atoms with van der Waals surface area (Å²) in [6, 6.07) is 0. The SMILES string of the molecule is CC1(N=N)CCCCCCCCC1. The van der Waals surface area contributed by atoms with Crippen LogP contribution in [-0.4, -0.2) is 5.54 Å². The summed E-state index contributed by atoms with van der Waals surface area (Å²) in [7, 11) is 0. The third-order valence-electron chi connectivity index (χ3n) is 3.20. The van der Waals surface area contributed by atoms with E-state index in [-0.39, 0.29) is 5.54 Å². The van der Waals surface area contributed by atoms with Gasteiger partial charge in [-0.05, 0) is 19.8 Å². The molecule has 0 aliphatic heterocycles. The van der Waals surface area contributed by atoms with E-state index in [4.69, 9.17) is 5.53 Å². The van der Waals surface area contributed by atoms with Crippen molar-refractivity contribution in [2.75, 3.05) is 0 Å². The van der Waals surface area contributed by atoms with Crippen molar-refractivity contribution in [1.82, 2.24) is 0 Å². The highest BCUT2D eigenvalue weighted by atomic mass is 15.0. The van der Waals surface area contributed by atoms with Gasteiger partial charge < -0.3 is 0 Å². The smallest absolute Gasteiger partial charge is 0.0785 e. The van der Waals surface area contributed by atoms with Gasteiger partial charge in [0.2, 0.25) is 0 Å². The third kappa shape index (κ3) is 3.88. The van der Waals surface area contributed by atoms with Gasteiger partial charge in [0.15, 0.2) is 0 Å². The maximum absolute atomic E-state index is 7.21. The van der Waals surface area contributed by atoms with Crippen LogP contribution in [0.25, 0.3) is 0 Å². The summed E-state index contributed by atoms with van der Waals surface area (Å²) in [5.41, 5.74) is 7.18. The van der Waals surface area contributed by atoms with Crippen molar-refractivity contribution in [1.29, 1.82) is 5.53 Å². The van der Waals surface area contributed by atoms with Crippen molar-refractivity contribution in [3.63, 3.8) is 0 Å².